The molecule has 0 aliphatic rings. The van der Waals surface area contributed by atoms with E-state index in [1.165, 1.54) is 82.0 Å². The molecule has 0 aromatic carbocycles. The Morgan fingerprint density at radius 2 is 1.40 bits per heavy atom. The van der Waals surface area contributed by atoms with Crippen LogP contribution in [0.1, 0.15) is 103 Å². The first-order valence-corrected chi connectivity index (χ1v) is 17.6. The van der Waals surface area contributed by atoms with Gasteiger partial charge in [-0.25, -0.2) is 4.79 Å². The van der Waals surface area contributed by atoms with Crippen molar-refractivity contribution < 1.29 is 33.8 Å². The van der Waals surface area contributed by atoms with E-state index < -0.39 is 42.5 Å². The van der Waals surface area contributed by atoms with Gasteiger partial charge in [0.25, 0.3) is 0 Å². The Morgan fingerprint density at radius 3 is 1.93 bits per heavy atom. The molecular formula is C30H53N3O7S2. The van der Waals surface area contributed by atoms with Crippen molar-refractivity contribution >= 4 is 52.5 Å². The Hall–Kier alpha value is -2.21. The molecular weight excluding hydrogens is 578 g/mol. The van der Waals surface area contributed by atoms with Gasteiger partial charge in [0.2, 0.25) is 11.8 Å². The number of carbonyl (C=O) groups excluding carboxylic acids is 4. The maximum Gasteiger partial charge on any atom is 0.408 e. The van der Waals surface area contributed by atoms with Crippen LogP contribution in [0.5, 0.6) is 0 Å². The molecule has 42 heavy (non-hydrogen) atoms. The second-order valence-corrected chi connectivity index (χ2v) is 12.3. The predicted molar refractivity (Wildman–Crippen MR) is 172 cm³/mol. The Bertz CT molecular complexity index is 799. The predicted octanol–water partition coefficient (Wildman–Crippen LogP) is 5.45. The number of ether oxygens (including phenoxy) is 1. The van der Waals surface area contributed by atoms with Crippen LogP contribution in [0.4, 0.5) is 4.79 Å². The van der Waals surface area contributed by atoms with Crippen molar-refractivity contribution in [1.29, 1.82) is 0 Å². The highest BCUT2D eigenvalue weighted by molar-refractivity contribution is 8.13. The summed E-state index contributed by atoms with van der Waals surface area (Å²) in [7, 11) is 0. The highest BCUT2D eigenvalue weighted by Gasteiger charge is 2.28. The minimum atomic E-state index is -1.21. The van der Waals surface area contributed by atoms with E-state index in [9.17, 15) is 24.0 Å². The molecule has 242 valence electrons. The van der Waals surface area contributed by atoms with Gasteiger partial charge in [-0.3, -0.25) is 19.2 Å². The standard InChI is InChI=1S/C30H53N3O7S2/c1-4-6-7-8-9-10-11-12-13-14-15-16-17-18-27(36)42-23-25(33-30(39)40-20-5-2)29(38)32-24(19-21-41-3)28(37)31-22-26(34)35/h5,24-25H,2,4,6-23H2,1,3H3,(H,31,37)(H,32,38)(H,33,39)(H,34,35)/t24-,25-/m0/s1. The first-order valence-electron chi connectivity index (χ1n) is 15.2. The molecule has 2 atom stereocenters. The van der Waals surface area contributed by atoms with E-state index >= 15 is 0 Å². The lowest BCUT2D eigenvalue weighted by molar-refractivity contribution is -0.138. The van der Waals surface area contributed by atoms with E-state index in [4.69, 9.17) is 9.84 Å². The van der Waals surface area contributed by atoms with Crippen molar-refractivity contribution in [3.05, 3.63) is 12.7 Å². The second-order valence-electron chi connectivity index (χ2n) is 10.2. The molecule has 12 heteroatoms. The summed E-state index contributed by atoms with van der Waals surface area (Å²) in [5, 5.41) is 16.1. The van der Waals surface area contributed by atoms with Crippen molar-refractivity contribution in [2.24, 2.45) is 0 Å². The number of aliphatic carboxylic acids is 1. The van der Waals surface area contributed by atoms with Crippen LogP contribution < -0.4 is 16.0 Å². The highest BCUT2D eigenvalue weighted by atomic mass is 32.2. The molecule has 0 aromatic rings. The summed E-state index contributed by atoms with van der Waals surface area (Å²) in [6.45, 7) is 5.08. The van der Waals surface area contributed by atoms with E-state index in [0.29, 0.717) is 12.2 Å². The van der Waals surface area contributed by atoms with Gasteiger partial charge in [0.15, 0.2) is 5.12 Å². The summed E-state index contributed by atoms with van der Waals surface area (Å²) in [4.78, 5) is 61.0. The van der Waals surface area contributed by atoms with Crippen LogP contribution in [0.25, 0.3) is 0 Å². The molecule has 0 aliphatic heterocycles. The highest BCUT2D eigenvalue weighted by Crippen LogP contribution is 2.15. The monoisotopic (exact) mass is 631 g/mol. The van der Waals surface area contributed by atoms with E-state index in [1.807, 2.05) is 6.26 Å². The van der Waals surface area contributed by atoms with Gasteiger partial charge in [-0.1, -0.05) is 108 Å². The smallest absolute Gasteiger partial charge is 0.408 e. The largest absolute Gasteiger partial charge is 0.480 e. The van der Waals surface area contributed by atoms with Crippen LogP contribution in [0.3, 0.4) is 0 Å². The number of rotatable bonds is 27. The average Bonchev–Trinajstić information content (AvgIpc) is 2.97. The number of carbonyl (C=O) groups is 5. The van der Waals surface area contributed by atoms with Crippen molar-refractivity contribution in [1.82, 2.24) is 16.0 Å². The molecule has 0 radical (unpaired) electrons. The minimum absolute atomic E-state index is 0.0295. The van der Waals surface area contributed by atoms with Gasteiger partial charge in [0.1, 0.15) is 25.2 Å². The zero-order valence-corrected chi connectivity index (χ0v) is 27.2. The number of unbranched alkanes of at least 4 members (excludes halogenated alkanes) is 12. The molecule has 3 amide bonds. The Morgan fingerprint density at radius 1 is 0.833 bits per heavy atom. The molecule has 0 unspecified atom stereocenters. The number of hydrogen-bond donors (Lipinski definition) is 4. The second kappa shape index (κ2) is 27.6. The van der Waals surface area contributed by atoms with Gasteiger partial charge in [-0.05, 0) is 24.9 Å². The molecule has 0 aromatic heterocycles. The van der Waals surface area contributed by atoms with Crippen molar-refractivity contribution in [3.63, 3.8) is 0 Å². The number of amides is 3. The number of nitrogens with one attached hydrogen (secondary N) is 3. The third-order valence-electron chi connectivity index (χ3n) is 6.49. The lowest BCUT2D eigenvalue weighted by Crippen LogP contribution is -2.55. The molecule has 10 nitrogen and oxygen atoms in total. The molecule has 0 saturated carbocycles. The Kier molecular flexibility index (Phi) is 26.2. The van der Waals surface area contributed by atoms with Crippen molar-refractivity contribution in [2.45, 2.75) is 115 Å². The number of carboxylic acids is 1. The van der Waals surface area contributed by atoms with Crippen molar-refractivity contribution in [2.75, 3.05) is 30.9 Å². The van der Waals surface area contributed by atoms with Gasteiger partial charge in [-0.2, -0.15) is 11.8 Å². The maximum atomic E-state index is 13.0. The zero-order valence-electron chi connectivity index (χ0n) is 25.6. The fourth-order valence-corrected chi connectivity index (χ4v) is 5.45. The van der Waals surface area contributed by atoms with Gasteiger partial charge >= 0.3 is 12.1 Å². The fourth-order valence-electron chi connectivity index (χ4n) is 4.10. The first-order chi connectivity index (χ1) is 20.2. The fraction of sp³-hybridized carbons (Fsp3) is 0.767. The van der Waals surface area contributed by atoms with Crippen LogP contribution >= 0.6 is 23.5 Å². The molecule has 0 fully saturated rings. The number of hydrogen-bond acceptors (Lipinski definition) is 8. The van der Waals surface area contributed by atoms with Crippen LogP contribution in [0, 0.1) is 0 Å². The molecule has 4 N–H and O–H groups in total. The molecule has 0 saturated heterocycles. The minimum Gasteiger partial charge on any atom is -0.480 e. The van der Waals surface area contributed by atoms with E-state index in [1.54, 1.807) is 0 Å². The summed E-state index contributed by atoms with van der Waals surface area (Å²) in [5.41, 5.74) is 0. The topological polar surface area (TPSA) is 151 Å². The quantitative estimate of drug-likeness (QED) is 0.0686. The summed E-state index contributed by atoms with van der Waals surface area (Å²) < 4.78 is 4.92. The van der Waals surface area contributed by atoms with E-state index in [0.717, 1.165) is 31.0 Å². The Labute approximate surface area is 260 Å². The van der Waals surface area contributed by atoms with Crippen LogP contribution in [0.2, 0.25) is 0 Å². The van der Waals surface area contributed by atoms with Crippen LogP contribution in [-0.2, 0) is 23.9 Å². The third kappa shape index (κ3) is 23.4. The van der Waals surface area contributed by atoms with Gasteiger partial charge < -0.3 is 25.8 Å². The number of carboxylic acid groups (broad SMARTS) is 1. The SMILES string of the molecule is C=CCOC(=O)N[C@@H](CSC(=O)CCCCCCCCCCCCCCC)C(=O)N[C@@H](CCSC)C(=O)NCC(=O)O. The van der Waals surface area contributed by atoms with E-state index in [-0.39, 0.29) is 23.9 Å². The number of alkyl carbamates (subject to hydrolysis) is 1. The Balaban J connectivity index is 4.61. The van der Waals surface area contributed by atoms with Crippen molar-refractivity contribution in [3.8, 4) is 0 Å². The number of thioether (sulfide) groups is 2. The third-order valence-corrected chi connectivity index (χ3v) is 8.16. The zero-order chi connectivity index (χ0) is 31.4. The van der Waals surface area contributed by atoms with Gasteiger partial charge in [-0.15, -0.1) is 0 Å². The lowest BCUT2D eigenvalue weighted by Gasteiger charge is -2.22. The lowest BCUT2D eigenvalue weighted by atomic mass is 10.0. The molecule has 0 aliphatic carbocycles. The molecule has 0 bridgehead atoms. The summed E-state index contributed by atoms with van der Waals surface area (Å²) in [5.74, 6) is -2.00. The van der Waals surface area contributed by atoms with Gasteiger partial charge in [0, 0.05) is 12.2 Å². The van der Waals surface area contributed by atoms with Crippen LogP contribution in [-0.4, -0.2) is 77.1 Å². The molecule has 0 rings (SSSR count). The first kappa shape index (κ1) is 39.8. The molecule has 0 spiro atoms. The summed E-state index contributed by atoms with van der Waals surface area (Å²) in [6, 6.07) is -2.13. The maximum absolute atomic E-state index is 13.0. The van der Waals surface area contributed by atoms with Crippen LogP contribution in [0.15, 0.2) is 12.7 Å². The normalized spacial score (nSPS) is 12.1. The summed E-state index contributed by atoms with van der Waals surface area (Å²) in [6.07, 6.45) is 18.8. The van der Waals surface area contributed by atoms with Gasteiger partial charge in [0.05, 0.1) is 0 Å². The molecule has 0 heterocycles. The van der Waals surface area contributed by atoms with E-state index in [2.05, 4.69) is 29.5 Å². The summed E-state index contributed by atoms with van der Waals surface area (Å²) >= 11 is 2.42. The average molecular weight is 632 g/mol.